The number of nitrogens with zero attached hydrogens (tertiary/aromatic N) is 3. The molecule has 1 saturated heterocycles. The van der Waals surface area contributed by atoms with Gasteiger partial charge in [-0.25, -0.2) is 0 Å². The summed E-state index contributed by atoms with van der Waals surface area (Å²) in [5.41, 5.74) is 6.52. The molecule has 0 unspecified atom stereocenters. The summed E-state index contributed by atoms with van der Waals surface area (Å²) >= 11 is 0. The Hall–Kier alpha value is -2.43. The first kappa shape index (κ1) is 19.9. The number of benzene rings is 2. The molecule has 0 bridgehead atoms. The van der Waals surface area contributed by atoms with Crippen LogP contribution in [0, 0.1) is 20.8 Å². The Bertz CT molecular complexity index is 952. The standard InChI is InChI=1S/C25H31N3O/c1-19-9-11-23(12-10-19)25(29)13-15-27(16-14-25)18-24-20(2)26-28(21(24)3)17-22-7-5-4-6-8-22/h4-12,29H,13-18H2,1-3H3. The molecule has 0 atom stereocenters. The molecule has 1 fully saturated rings. The van der Waals surface area contributed by atoms with Crippen LogP contribution in [0.1, 0.15) is 46.5 Å². The second kappa shape index (κ2) is 8.13. The summed E-state index contributed by atoms with van der Waals surface area (Å²) < 4.78 is 2.12. The second-order valence-corrected chi connectivity index (χ2v) is 8.47. The van der Waals surface area contributed by atoms with Crippen molar-refractivity contribution >= 4 is 0 Å². The molecule has 152 valence electrons. The molecule has 29 heavy (non-hydrogen) atoms. The normalized spacial score (nSPS) is 16.8. The van der Waals surface area contributed by atoms with Crippen molar-refractivity contribution in [1.29, 1.82) is 0 Å². The van der Waals surface area contributed by atoms with Gasteiger partial charge in [0.2, 0.25) is 0 Å². The summed E-state index contributed by atoms with van der Waals surface area (Å²) in [6, 6.07) is 18.8. The highest BCUT2D eigenvalue weighted by Crippen LogP contribution is 2.33. The molecule has 0 saturated carbocycles. The summed E-state index contributed by atoms with van der Waals surface area (Å²) in [5.74, 6) is 0. The number of rotatable bonds is 5. The lowest BCUT2D eigenvalue weighted by molar-refractivity contribution is -0.0278. The van der Waals surface area contributed by atoms with Crippen molar-refractivity contribution in [1.82, 2.24) is 14.7 Å². The zero-order valence-electron chi connectivity index (χ0n) is 17.7. The first-order valence-corrected chi connectivity index (χ1v) is 10.5. The first-order chi connectivity index (χ1) is 13.9. The fourth-order valence-electron chi connectivity index (χ4n) is 4.33. The molecule has 1 aromatic heterocycles. The third-order valence-corrected chi connectivity index (χ3v) is 6.36. The summed E-state index contributed by atoms with van der Waals surface area (Å²) in [7, 11) is 0. The second-order valence-electron chi connectivity index (χ2n) is 8.47. The monoisotopic (exact) mass is 389 g/mol. The van der Waals surface area contributed by atoms with Crippen LogP contribution in [0.5, 0.6) is 0 Å². The van der Waals surface area contributed by atoms with Crippen molar-refractivity contribution in [2.75, 3.05) is 13.1 Å². The van der Waals surface area contributed by atoms with Crippen LogP contribution in [-0.2, 0) is 18.7 Å². The average molecular weight is 390 g/mol. The van der Waals surface area contributed by atoms with Crippen LogP contribution in [0.2, 0.25) is 0 Å². The number of aromatic nitrogens is 2. The molecule has 3 aromatic rings. The van der Waals surface area contributed by atoms with Gasteiger partial charge in [-0.3, -0.25) is 9.58 Å². The summed E-state index contributed by atoms with van der Waals surface area (Å²) in [6.07, 6.45) is 1.54. The van der Waals surface area contributed by atoms with Gasteiger partial charge in [0, 0.05) is 30.9 Å². The van der Waals surface area contributed by atoms with E-state index in [0.29, 0.717) is 0 Å². The van der Waals surface area contributed by atoms with E-state index in [2.05, 4.69) is 78.9 Å². The molecule has 1 aliphatic rings. The predicted octanol–water partition coefficient (Wildman–Crippen LogP) is 4.34. The summed E-state index contributed by atoms with van der Waals surface area (Å²) in [6.45, 7) is 9.86. The highest BCUT2D eigenvalue weighted by atomic mass is 16.3. The molecule has 2 heterocycles. The van der Waals surface area contributed by atoms with Crippen molar-refractivity contribution in [3.8, 4) is 0 Å². The maximum Gasteiger partial charge on any atom is 0.0920 e. The van der Waals surface area contributed by atoms with E-state index in [1.54, 1.807) is 0 Å². The lowest BCUT2D eigenvalue weighted by Crippen LogP contribution is -2.42. The lowest BCUT2D eigenvalue weighted by Gasteiger charge is -2.38. The molecular formula is C25H31N3O. The van der Waals surface area contributed by atoms with Crippen molar-refractivity contribution in [2.24, 2.45) is 0 Å². The fourth-order valence-corrected chi connectivity index (χ4v) is 4.33. The molecule has 4 rings (SSSR count). The van der Waals surface area contributed by atoms with E-state index in [9.17, 15) is 5.11 Å². The number of hydrogen-bond acceptors (Lipinski definition) is 3. The smallest absolute Gasteiger partial charge is 0.0920 e. The van der Waals surface area contributed by atoms with E-state index in [4.69, 9.17) is 5.10 Å². The third kappa shape index (κ3) is 4.29. The molecule has 2 aromatic carbocycles. The number of hydrogen-bond donors (Lipinski definition) is 1. The van der Waals surface area contributed by atoms with Crippen LogP contribution in [-0.4, -0.2) is 32.9 Å². The van der Waals surface area contributed by atoms with Gasteiger partial charge in [0.1, 0.15) is 0 Å². The van der Waals surface area contributed by atoms with Crippen LogP contribution >= 0.6 is 0 Å². The Morgan fingerprint density at radius 2 is 1.55 bits per heavy atom. The highest BCUT2D eigenvalue weighted by Gasteiger charge is 2.34. The number of aryl methyl sites for hydroxylation is 2. The van der Waals surface area contributed by atoms with Crippen molar-refractivity contribution < 1.29 is 5.11 Å². The Balaban J connectivity index is 1.42. The topological polar surface area (TPSA) is 41.3 Å². The van der Waals surface area contributed by atoms with Gasteiger partial charge in [0.05, 0.1) is 17.8 Å². The Labute approximate surface area is 173 Å². The molecule has 1 N–H and O–H groups in total. The van der Waals surface area contributed by atoms with Gasteiger partial charge < -0.3 is 5.11 Å². The van der Waals surface area contributed by atoms with Crippen LogP contribution in [0.15, 0.2) is 54.6 Å². The zero-order valence-corrected chi connectivity index (χ0v) is 17.7. The number of piperidine rings is 1. The molecule has 0 amide bonds. The molecule has 0 aliphatic carbocycles. The average Bonchev–Trinajstić information content (AvgIpc) is 2.98. The van der Waals surface area contributed by atoms with Gasteiger partial charge in [0.15, 0.2) is 0 Å². The predicted molar refractivity (Wildman–Crippen MR) is 117 cm³/mol. The van der Waals surface area contributed by atoms with Gasteiger partial charge >= 0.3 is 0 Å². The maximum atomic E-state index is 11.2. The SMILES string of the molecule is Cc1ccc(C2(O)CCN(Cc3c(C)nn(Cc4ccccc4)c3C)CC2)cc1. The minimum absolute atomic E-state index is 0.703. The highest BCUT2D eigenvalue weighted by molar-refractivity contribution is 5.28. The van der Waals surface area contributed by atoms with Crippen molar-refractivity contribution in [2.45, 2.75) is 52.3 Å². The van der Waals surface area contributed by atoms with Crippen LogP contribution < -0.4 is 0 Å². The van der Waals surface area contributed by atoms with Crippen LogP contribution in [0.25, 0.3) is 0 Å². The molecule has 4 nitrogen and oxygen atoms in total. The van der Waals surface area contributed by atoms with E-state index < -0.39 is 5.60 Å². The van der Waals surface area contributed by atoms with E-state index >= 15 is 0 Å². The molecule has 0 spiro atoms. The minimum atomic E-state index is -0.703. The number of likely N-dealkylation sites (tertiary alicyclic amines) is 1. The molecule has 0 radical (unpaired) electrons. The maximum absolute atomic E-state index is 11.2. The molecule has 4 heteroatoms. The van der Waals surface area contributed by atoms with Gasteiger partial charge in [-0.15, -0.1) is 0 Å². The fraction of sp³-hybridized carbons (Fsp3) is 0.400. The van der Waals surface area contributed by atoms with Crippen molar-refractivity contribution in [3.63, 3.8) is 0 Å². The van der Waals surface area contributed by atoms with Crippen LogP contribution in [0.3, 0.4) is 0 Å². The Kier molecular flexibility index (Phi) is 5.57. The summed E-state index contributed by atoms with van der Waals surface area (Å²) in [4.78, 5) is 2.45. The summed E-state index contributed by atoms with van der Waals surface area (Å²) in [5, 5.41) is 15.9. The third-order valence-electron chi connectivity index (χ3n) is 6.36. The van der Waals surface area contributed by atoms with Gasteiger partial charge in [-0.05, 0) is 44.7 Å². The Morgan fingerprint density at radius 3 is 2.21 bits per heavy atom. The van der Waals surface area contributed by atoms with E-state index in [1.807, 2.05) is 6.07 Å². The van der Waals surface area contributed by atoms with E-state index in [-0.39, 0.29) is 0 Å². The van der Waals surface area contributed by atoms with Crippen molar-refractivity contribution in [3.05, 3.63) is 88.2 Å². The quantitative estimate of drug-likeness (QED) is 0.706. The lowest BCUT2D eigenvalue weighted by atomic mass is 9.84. The van der Waals surface area contributed by atoms with Gasteiger partial charge in [0.25, 0.3) is 0 Å². The molecular weight excluding hydrogens is 358 g/mol. The largest absolute Gasteiger partial charge is 0.385 e. The Morgan fingerprint density at radius 1 is 0.897 bits per heavy atom. The van der Waals surface area contributed by atoms with E-state index in [0.717, 1.165) is 50.3 Å². The number of aliphatic hydroxyl groups is 1. The zero-order chi connectivity index (χ0) is 20.4. The van der Waals surface area contributed by atoms with E-state index in [1.165, 1.54) is 22.4 Å². The van der Waals surface area contributed by atoms with Crippen LogP contribution in [0.4, 0.5) is 0 Å². The molecule has 1 aliphatic heterocycles. The first-order valence-electron chi connectivity index (χ1n) is 10.5. The van der Waals surface area contributed by atoms with Gasteiger partial charge in [-0.1, -0.05) is 60.2 Å². The minimum Gasteiger partial charge on any atom is -0.385 e. The van der Waals surface area contributed by atoms with Gasteiger partial charge in [-0.2, -0.15) is 5.10 Å².